The van der Waals surface area contributed by atoms with Crippen molar-refractivity contribution in [1.29, 1.82) is 0 Å². The first-order chi connectivity index (χ1) is 6.12. The van der Waals surface area contributed by atoms with Gasteiger partial charge in [0.1, 0.15) is 0 Å². The predicted octanol–water partition coefficient (Wildman–Crippen LogP) is 1.03. The normalized spacial score (nSPS) is 15.6. The number of rotatable bonds is 8. The van der Waals surface area contributed by atoms with Crippen LogP contribution in [0.1, 0.15) is 19.8 Å². The highest BCUT2D eigenvalue weighted by Crippen LogP contribution is 2.41. The van der Waals surface area contributed by atoms with Gasteiger partial charge in [0.15, 0.2) is 0 Å². The minimum absolute atomic E-state index is 0.343. The summed E-state index contributed by atoms with van der Waals surface area (Å²) in [5.41, 5.74) is 5.26. The largest absolute Gasteiger partial charge is 0.382 e. The predicted molar refractivity (Wildman–Crippen MR) is 54.3 cm³/mol. The molecule has 0 aromatic carbocycles. The third-order valence-electron chi connectivity index (χ3n) is 1.71. The van der Waals surface area contributed by atoms with Crippen molar-refractivity contribution in [3.63, 3.8) is 0 Å². The lowest BCUT2D eigenvalue weighted by Gasteiger charge is -2.10. The monoisotopic (exact) mass is 209 g/mol. The summed E-state index contributed by atoms with van der Waals surface area (Å²) < 4.78 is 16.5. The Kier molecular flexibility index (Phi) is 7.57. The molecule has 0 spiro atoms. The van der Waals surface area contributed by atoms with Crippen LogP contribution in [0.2, 0.25) is 0 Å². The van der Waals surface area contributed by atoms with E-state index in [9.17, 15) is 9.46 Å². The number of hydrogen-bond acceptors (Lipinski definition) is 3. The van der Waals surface area contributed by atoms with Crippen molar-refractivity contribution < 1.29 is 14.2 Å². The molecule has 0 rings (SSSR count). The van der Waals surface area contributed by atoms with Crippen LogP contribution in [0.15, 0.2) is 0 Å². The van der Waals surface area contributed by atoms with Gasteiger partial charge in [0.25, 0.3) is 0 Å². The van der Waals surface area contributed by atoms with Crippen LogP contribution in [0.25, 0.3) is 0 Å². The molecule has 5 heteroatoms. The van der Waals surface area contributed by atoms with Crippen LogP contribution in [0.5, 0.6) is 0 Å². The second kappa shape index (κ2) is 7.51. The quantitative estimate of drug-likeness (QED) is 0.462. The van der Waals surface area contributed by atoms with Crippen LogP contribution >= 0.6 is 7.37 Å². The molecule has 0 radical (unpaired) electrons. The zero-order valence-corrected chi connectivity index (χ0v) is 9.13. The lowest BCUT2D eigenvalue weighted by atomic mass is 10.5. The summed E-state index contributed by atoms with van der Waals surface area (Å²) in [6.07, 6.45) is 1.98. The Labute approximate surface area is 79.9 Å². The van der Waals surface area contributed by atoms with Gasteiger partial charge in [0.2, 0.25) is 7.37 Å². The highest BCUT2D eigenvalue weighted by molar-refractivity contribution is 7.57. The molecule has 0 fully saturated rings. The minimum atomic E-state index is -2.91. The van der Waals surface area contributed by atoms with E-state index in [1.54, 1.807) is 0 Å². The Balaban J connectivity index is 3.45. The van der Waals surface area contributed by atoms with Gasteiger partial charge in [-0.05, 0) is 26.3 Å². The van der Waals surface area contributed by atoms with Crippen molar-refractivity contribution >= 4 is 7.37 Å². The smallest absolute Gasteiger partial charge is 0.200 e. The molecule has 1 unspecified atom stereocenters. The molecule has 0 bridgehead atoms. The summed E-state index contributed by atoms with van der Waals surface area (Å²) >= 11 is 0. The Bertz CT molecular complexity index is 163. The summed E-state index contributed by atoms with van der Waals surface area (Å²) in [7, 11) is -2.91. The first kappa shape index (κ1) is 13.1. The van der Waals surface area contributed by atoms with Crippen molar-refractivity contribution in [2.24, 2.45) is 5.73 Å². The summed E-state index contributed by atoms with van der Waals surface area (Å²) in [6, 6.07) is 0. The van der Waals surface area contributed by atoms with E-state index in [0.717, 1.165) is 0 Å². The van der Waals surface area contributed by atoms with Gasteiger partial charge in [0.05, 0.1) is 0 Å². The lowest BCUT2D eigenvalue weighted by molar-refractivity contribution is 0.148. The summed E-state index contributed by atoms with van der Waals surface area (Å²) in [5.74, 6) is 0. The third-order valence-corrected chi connectivity index (χ3v) is 3.74. The molecule has 0 aromatic rings. The van der Waals surface area contributed by atoms with Crippen LogP contribution in [0.3, 0.4) is 0 Å². The third kappa shape index (κ3) is 8.44. The zero-order valence-electron chi connectivity index (χ0n) is 8.24. The van der Waals surface area contributed by atoms with E-state index < -0.39 is 7.37 Å². The average Bonchev–Trinajstić information content (AvgIpc) is 2.09. The molecule has 0 heterocycles. The van der Waals surface area contributed by atoms with Crippen LogP contribution in [-0.4, -0.2) is 37.0 Å². The van der Waals surface area contributed by atoms with Crippen LogP contribution in [0.4, 0.5) is 0 Å². The molecule has 3 N–H and O–H groups in total. The van der Waals surface area contributed by atoms with Gasteiger partial charge in [0, 0.05) is 25.5 Å². The maximum Gasteiger partial charge on any atom is 0.200 e. The minimum Gasteiger partial charge on any atom is -0.382 e. The van der Waals surface area contributed by atoms with Crippen molar-refractivity contribution in [2.75, 3.05) is 32.1 Å². The van der Waals surface area contributed by atoms with Gasteiger partial charge in [-0.3, -0.25) is 4.57 Å². The molecular formula is C8H20NO3P. The fourth-order valence-corrected chi connectivity index (χ4v) is 2.53. The number of hydrogen-bond donors (Lipinski definition) is 2. The molecule has 0 saturated carbocycles. The molecule has 4 nitrogen and oxygen atoms in total. The standard InChI is InChI=1S/C8H20NO3P/c1-2-12-6-4-8-13(10,11)7-3-5-9/h2-9H2,1H3,(H,10,11). The Morgan fingerprint density at radius 3 is 2.54 bits per heavy atom. The van der Waals surface area contributed by atoms with E-state index in [2.05, 4.69) is 0 Å². The fraction of sp³-hybridized carbons (Fsp3) is 1.00. The molecule has 0 amide bonds. The molecule has 0 aromatic heterocycles. The van der Waals surface area contributed by atoms with E-state index in [1.807, 2.05) is 6.92 Å². The number of nitrogens with two attached hydrogens (primary N) is 1. The average molecular weight is 209 g/mol. The number of ether oxygens (including phenoxy) is 1. The van der Waals surface area contributed by atoms with E-state index in [0.29, 0.717) is 44.9 Å². The second-order valence-electron chi connectivity index (χ2n) is 2.99. The van der Waals surface area contributed by atoms with Gasteiger partial charge in [-0.15, -0.1) is 0 Å². The Hall–Kier alpha value is 0.110. The first-order valence-corrected chi connectivity index (χ1v) is 6.74. The Morgan fingerprint density at radius 2 is 2.00 bits per heavy atom. The summed E-state index contributed by atoms with van der Waals surface area (Å²) in [5, 5.41) is 0. The van der Waals surface area contributed by atoms with Crippen molar-refractivity contribution in [2.45, 2.75) is 19.8 Å². The fourth-order valence-electron chi connectivity index (χ4n) is 1.01. The van der Waals surface area contributed by atoms with Crippen molar-refractivity contribution in [3.8, 4) is 0 Å². The highest BCUT2D eigenvalue weighted by Gasteiger charge is 2.16. The molecule has 0 aliphatic carbocycles. The lowest BCUT2D eigenvalue weighted by Crippen LogP contribution is -2.05. The van der Waals surface area contributed by atoms with Gasteiger partial charge in [-0.25, -0.2) is 0 Å². The van der Waals surface area contributed by atoms with Crippen LogP contribution in [-0.2, 0) is 9.30 Å². The van der Waals surface area contributed by atoms with Crippen molar-refractivity contribution in [3.05, 3.63) is 0 Å². The van der Waals surface area contributed by atoms with E-state index in [4.69, 9.17) is 10.5 Å². The summed E-state index contributed by atoms with van der Waals surface area (Å²) in [6.45, 7) is 3.63. The van der Waals surface area contributed by atoms with Gasteiger partial charge in [-0.1, -0.05) is 0 Å². The van der Waals surface area contributed by atoms with E-state index >= 15 is 0 Å². The van der Waals surface area contributed by atoms with Gasteiger partial charge in [-0.2, -0.15) is 0 Å². The topological polar surface area (TPSA) is 72.5 Å². The first-order valence-electron chi connectivity index (χ1n) is 4.71. The molecule has 0 aliphatic heterocycles. The molecule has 0 aliphatic rings. The second-order valence-corrected chi connectivity index (χ2v) is 5.57. The molecular weight excluding hydrogens is 189 g/mol. The van der Waals surface area contributed by atoms with Crippen LogP contribution < -0.4 is 5.73 Å². The maximum absolute atomic E-state index is 11.4. The molecule has 13 heavy (non-hydrogen) atoms. The zero-order chi connectivity index (χ0) is 10.2. The van der Waals surface area contributed by atoms with E-state index in [-0.39, 0.29) is 0 Å². The van der Waals surface area contributed by atoms with Crippen molar-refractivity contribution in [1.82, 2.24) is 0 Å². The van der Waals surface area contributed by atoms with Gasteiger partial charge < -0.3 is 15.4 Å². The van der Waals surface area contributed by atoms with Crippen LogP contribution in [0, 0.1) is 0 Å². The molecule has 1 atom stereocenters. The Morgan fingerprint density at radius 1 is 1.38 bits per heavy atom. The maximum atomic E-state index is 11.4. The summed E-state index contributed by atoms with van der Waals surface area (Å²) in [4.78, 5) is 9.39. The van der Waals surface area contributed by atoms with Gasteiger partial charge >= 0.3 is 0 Å². The SMILES string of the molecule is CCOCCCP(=O)(O)CCCN. The molecule has 0 saturated heterocycles. The molecule has 80 valence electrons. The van der Waals surface area contributed by atoms with E-state index in [1.165, 1.54) is 0 Å². The highest BCUT2D eigenvalue weighted by atomic mass is 31.2.